The monoisotopic (exact) mass is 132 g/mol. The first kappa shape index (κ1) is 7.61. The zero-order chi connectivity index (χ0) is 6.57. The summed E-state index contributed by atoms with van der Waals surface area (Å²) in [6.07, 6.45) is 0. The Morgan fingerprint density at radius 2 is 2.50 bits per heavy atom. The Balaban J connectivity index is 3.32. The van der Waals surface area contributed by atoms with E-state index in [4.69, 9.17) is 10.8 Å². The molecule has 8 heavy (non-hydrogen) atoms. The molecule has 0 amide bonds. The summed E-state index contributed by atoms with van der Waals surface area (Å²) < 4.78 is 4.26. The molecule has 0 heterocycles. The van der Waals surface area contributed by atoms with Gasteiger partial charge in [-0.2, -0.15) is 0 Å². The van der Waals surface area contributed by atoms with Crippen LogP contribution >= 0.6 is 0 Å². The number of hydrogen-bond donors (Lipinski definition) is 2. The molecule has 1 atom stereocenters. The standard InChI is InChI=1S/C3H6NO3Si/c4-2(1-7-8)3(5)6/h2H,1,4H2,(H,5,6)/t2-/m0/s1. The number of aliphatic carboxylic acids is 1. The average molecular weight is 132 g/mol. The fourth-order valence-electron chi connectivity index (χ4n) is 0.161. The first-order valence-electron chi connectivity index (χ1n) is 1.95. The lowest BCUT2D eigenvalue weighted by Gasteiger charge is -2.01. The Morgan fingerprint density at radius 3 is 2.62 bits per heavy atom. The molecule has 0 aromatic carbocycles. The second-order valence-electron chi connectivity index (χ2n) is 1.26. The Hall–Kier alpha value is -0.393. The highest BCUT2D eigenvalue weighted by Gasteiger charge is 2.08. The highest BCUT2D eigenvalue weighted by molar-refractivity contribution is 5.98. The van der Waals surface area contributed by atoms with E-state index in [0.717, 1.165) is 0 Å². The molecule has 3 N–H and O–H groups in total. The van der Waals surface area contributed by atoms with Crippen molar-refractivity contribution in [1.29, 1.82) is 0 Å². The Labute approximate surface area is 50.2 Å². The largest absolute Gasteiger partial charge is 0.480 e. The molecule has 0 aromatic heterocycles. The van der Waals surface area contributed by atoms with Crippen molar-refractivity contribution in [3.8, 4) is 0 Å². The second-order valence-corrected chi connectivity index (χ2v) is 1.54. The predicted molar refractivity (Wildman–Crippen MR) is 27.3 cm³/mol. The molecule has 0 rings (SSSR count). The van der Waals surface area contributed by atoms with E-state index in [9.17, 15) is 4.79 Å². The van der Waals surface area contributed by atoms with Crippen LogP contribution in [-0.2, 0) is 9.22 Å². The maximum absolute atomic E-state index is 9.86. The van der Waals surface area contributed by atoms with Crippen molar-refractivity contribution in [2.24, 2.45) is 5.73 Å². The van der Waals surface area contributed by atoms with Gasteiger partial charge in [0.15, 0.2) is 0 Å². The van der Waals surface area contributed by atoms with Gasteiger partial charge < -0.3 is 15.3 Å². The van der Waals surface area contributed by atoms with Crippen molar-refractivity contribution in [1.82, 2.24) is 0 Å². The van der Waals surface area contributed by atoms with Crippen molar-refractivity contribution < 1.29 is 14.3 Å². The molecule has 5 heteroatoms. The van der Waals surface area contributed by atoms with Crippen LogP contribution in [0.3, 0.4) is 0 Å². The molecule has 45 valence electrons. The van der Waals surface area contributed by atoms with Crippen molar-refractivity contribution in [3.63, 3.8) is 0 Å². The molecule has 3 radical (unpaired) electrons. The first-order valence-corrected chi connectivity index (χ1v) is 2.36. The molecule has 0 saturated carbocycles. The number of rotatable bonds is 3. The molecule has 0 spiro atoms. The van der Waals surface area contributed by atoms with Gasteiger partial charge in [0, 0.05) is 0 Å². The molecule has 0 aliphatic heterocycles. The van der Waals surface area contributed by atoms with Gasteiger partial charge >= 0.3 is 5.97 Å². The average Bonchev–Trinajstić information content (AvgIpc) is 1.67. The number of carbonyl (C=O) groups is 1. The zero-order valence-electron chi connectivity index (χ0n) is 4.13. The van der Waals surface area contributed by atoms with Crippen molar-refractivity contribution in [2.45, 2.75) is 6.04 Å². The summed E-state index contributed by atoms with van der Waals surface area (Å²) in [5, 5.41) is 8.09. The molecule has 0 saturated heterocycles. The minimum atomic E-state index is -1.07. The highest BCUT2D eigenvalue weighted by atomic mass is 28.2. The van der Waals surface area contributed by atoms with Gasteiger partial charge in [-0.1, -0.05) is 0 Å². The fourth-order valence-corrected chi connectivity index (χ4v) is 0.341. The van der Waals surface area contributed by atoms with Gasteiger partial charge in [-0.3, -0.25) is 4.79 Å². The molecular weight excluding hydrogens is 126 g/mol. The Morgan fingerprint density at radius 1 is 2.00 bits per heavy atom. The zero-order valence-corrected chi connectivity index (χ0v) is 5.13. The smallest absolute Gasteiger partial charge is 0.322 e. The Kier molecular flexibility index (Phi) is 3.41. The quantitative estimate of drug-likeness (QED) is 0.458. The third-order valence-corrected chi connectivity index (χ3v) is 0.747. The lowest BCUT2D eigenvalue weighted by atomic mass is 10.3. The maximum atomic E-state index is 9.86. The normalized spacial score (nSPS) is 13.2. The molecule has 0 bridgehead atoms. The number of carboxylic acids is 1. The van der Waals surface area contributed by atoms with Gasteiger partial charge in [0.25, 0.3) is 0 Å². The van der Waals surface area contributed by atoms with Crippen LogP contribution in [-0.4, -0.2) is 34.2 Å². The molecule has 4 nitrogen and oxygen atoms in total. The lowest BCUT2D eigenvalue weighted by Crippen LogP contribution is -2.34. The van der Waals surface area contributed by atoms with E-state index in [1.807, 2.05) is 0 Å². The predicted octanol–water partition coefficient (Wildman–Crippen LogP) is -1.50. The summed E-state index contributed by atoms with van der Waals surface area (Å²) in [6.45, 7) is -0.0216. The Bertz CT molecular complexity index is 86.6. The van der Waals surface area contributed by atoms with Crippen LogP contribution in [0.15, 0.2) is 0 Å². The number of hydrogen-bond acceptors (Lipinski definition) is 3. The van der Waals surface area contributed by atoms with E-state index in [-0.39, 0.29) is 6.61 Å². The van der Waals surface area contributed by atoms with Crippen LogP contribution in [0.25, 0.3) is 0 Å². The van der Waals surface area contributed by atoms with E-state index < -0.39 is 12.0 Å². The molecule has 0 fully saturated rings. The summed E-state index contributed by atoms with van der Waals surface area (Å²) in [4.78, 5) is 9.86. The van der Waals surface area contributed by atoms with Gasteiger partial charge in [0.1, 0.15) is 6.04 Å². The number of carboxylic acid groups (broad SMARTS) is 1. The minimum Gasteiger partial charge on any atom is -0.480 e. The van der Waals surface area contributed by atoms with Crippen LogP contribution in [0.5, 0.6) is 0 Å². The van der Waals surface area contributed by atoms with E-state index >= 15 is 0 Å². The molecular formula is C3H6NO3Si. The molecule has 0 aliphatic rings. The van der Waals surface area contributed by atoms with Gasteiger partial charge in [-0.05, 0) is 0 Å². The van der Waals surface area contributed by atoms with Gasteiger partial charge in [0.2, 0.25) is 10.5 Å². The second kappa shape index (κ2) is 3.59. The lowest BCUT2D eigenvalue weighted by molar-refractivity contribution is -0.139. The van der Waals surface area contributed by atoms with Crippen LogP contribution in [0.2, 0.25) is 0 Å². The van der Waals surface area contributed by atoms with E-state index in [1.165, 1.54) is 0 Å². The van der Waals surface area contributed by atoms with Crippen LogP contribution in [0.4, 0.5) is 0 Å². The summed E-state index contributed by atoms with van der Waals surface area (Å²) >= 11 is 0. The van der Waals surface area contributed by atoms with Crippen molar-refractivity contribution in [2.75, 3.05) is 6.61 Å². The van der Waals surface area contributed by atoms with Gasteiger partial charge in [0.05, 0.1) is 6.61 Å². The maximum Gasteiger partial charge on any atom is 0.322 e. The van der Waals surface area contributed by atoms with E-state index in [1.54, 1.807) is 0 Å². The molecule has 0 aliphatic carbocycles. The van der Waals surface area contributed by atoms with E-state index in [2.05, 4.69) is 14.9 Å². The highest BCUT2D eigenvalue weighted by Crippen LogP contribution is 1.76. The van der Waals surface area contributed by atoms with Crippen molar-refractivity contribution >= 4 is 16.5 Å². The van der Waals surface area contributed by atoms with E-state index in [0.29, 0.717) is 0 Å². The molecule has 0 unspecified atom stereocenters. The fraction of sp³-hybridized carbons (Fsp3) is 0.667. The minimum absolute atomic E-state index is 0.0216. The van der Waals surface area contributed by atoms with Crippen LogP contribution < -0.4 is 5.73 Å². The topological polar surface area (TPSA) is 72.5 Å². The summed E-state index contributed by atoms with van der Waals surface area (Å²) in [5.41, 5.74) is 4.97. The van der Waals surface area contributed by atoms with Crippen LogP contribution in [0, 0.1) is 0 Å². The summed E-state index contributed by atoms with van der Waals surface area (Å²) in [5.74, 6) is -1.07. The van der Waals surface area contributed by atoms with Gasteiger partial charge in [-0.25, -0.2) is 0 Å². The third kappa shape index (κ3) is 2.73. The molecule has 0 aromatic rings. The summed E-state index contributed by atoms with van der Waals surface area (Å²) in [7, 11) is 2.62. The SMILES string of the molecule is N[C@@H](CO[Si])C(=O)O. The van der Waals surface area contributed by atoms with Gasteiger partial charge in [-0.15, -0.1) is 0 Å². The first-order chi connectivity index (χ1) is 3.68. The van der Waals surface area contributed by atoms with Crippen LogP contribution in [0.1, 0.15) is 0 Å². The third-order valence-electron chi connectivity index (χ3n) is 0.580. The number of nitrogens with two attached hydrogens (primary N) is 1. The van der Waals surface area contributed by atoms with Crippen molar-refractivity contribution in [3.05, 3.63) is 0 Å². The summed E-state index contributed by atoms with van der Waals surface area (Å²) in [6, 6.07) is -0.938.